The predicted octanol–water partition coefficient (Wildman–Crippen LogP) is 6.42. The third-order valence-corrected chi connectivity index (χ3v) is 4.58. The Kier molecular flexibility index (Phi) is 7.09. The number of aromatic nitrogens is 1. The van der Waals surface area contributed by atoms with Crippen molar-refractivity contribution in [2.45, 2.75) is 60.4 Å². The van der Waals surface area contributed by atoms with Crippen LogP contribution in [-0.4, -0.2) is 11.0 Å². The summed E-state index contributed by atoms with van der Waals surface area (Å²) >= 11 is 0. The fourth-order valence-corrected chi connectivity index (χ4v) is 3.23. The summed E-state index contributed by atoms with van der Waals surface area (Å²) in [5, 5.41) is 6.84. The molecule has 27 heavy (non-hydrogen) atoms. The summed E-state index contributed by atoms with van der Waals surface area (Å²) < 4.78 is 6.31. The minimum absolute atomic E-state index is 0.385. The molecule has 4 heteroatoms. The Morgan fingerprint density at radius 2 is 1.74 bits per heavy atom. The van der Waals surface area contributed by atoms with Crippen LogP contribution in [0.25, 0.3) is 0 Å². The van der Waals surface area contributed by atoms with Gasteiger partial charge in [-0.1, -0.05) is 38.1 Å². The first kappa shape index (κ1) is 20.6. The van der Waals surface area contributed by atoms with Gasteiger partial charge in [0.15, 0.2) is 0 Å². The molecule has 0 spiro atoms. The van der Waals surface area contributed by atoms with Gasteiger partial charge >= 0.3 is 0 Å². The molecule has 2 aromatic rings. The van der Waals surface area contributed by atoms with Crippen molar-refractivity contribution in [2.24, 2.45) is 0 Å². The molecule has 2 rings (SSSR count). The molecule has 144 valence electrons. The lowest BCUT2D eigenvalue weighted by atomic mass is 10.1. The summed E-state index contributed by atoms with van der Waals surface area (Å²) in [6, 6.07) is 6.67. The summed E-state index contributed by atoms with van der Waals surface area (Å²) in [5.74, 6) is 1.39. The predicted molar refractivity (Wildman–Crippen MR) is 115 cm³/mol. The first-order valence-electron chi connectivity index (χ1n) is 9.54. The van der Waals surface area contributed by atoms with Gasteiger partial charge in [-0.2, -0.15) is 0 Å². The topological polar surface area (TPSA) is 46.2 Å². The number of rotatable bonds is 8. The largest absolute Gasteiger partial charge is 0.436 e. The van der Waals surface area contributed by atoms with E-state index >= 15 is 0 Å². The maximum atomic E-state index is 6.31. The summed E-state index contributed by atoms with van der Waals surface area (Å²) in [6.07, 6.45) is 3.76. The van der Waals surface area contributed by atoms with Crippen LogP contribution in [-0.2, 0) is 0 Å². The Bertz CT molecular complexity index is 824. The van der Waals surface area contributed by atoms with E-state index in [4.69, 9.17) is 4.74 Å². The van der Waals surface area contributed by atoms with E-state index in [2.05, 4.69) is 74.7 Å². The van der Waals surface area contributed by atoms with Gasteiger partial charge in [0.25, 0.3) is 0 Å². The van der Waals surface area contributed by atoms with Crippen molar-refractivity contribution in [2.75, 3.05) is 10.6 Å². The molecule has 0 aliphatic heterocycles. The van der Waals surface area contributed by atoms with Crippen molar-refractivity contribution in [1.82, 2.24) is 4.98 Å². The van der Waals surface area contributed by atoms with Crippen LogP contribution in [0.4, 0.5) is 11.4 Å². The molecule has 4 nitrogen and oxygen atoms in total. The minimum Gasteiger partial charge on any atom is -0.436 e. The third kappa shape index (κ3) is 5.15. The van der Waals surface area contributed by atoms with Gasteiger partial charge in [0, 0.05) is 17.9 Å². The number of aryl methyl sites for hydroxylation is 4. The molecule has 0 amide bonds. The Morgan fingerprint density at radius 1 is 1.11 bits per heavy atom. The number of anilines is 2. The van der Waals surface area contributed by atoms with Crippen molar-refractivity contribution in [3.8, 4) is 11.6 Å². The second-order valence-electron chi connectivity index (χ2n) is 6.97. The smallest absolute Gasteiger partial charge is 0.245 e. The van der Waals surface area contributed by atoms with Gasteiger partial charge in [0.2, 0.25) is 5.88 Å². The highest BCUT2D eigenvalue weighted by molar-refractivity contribution is 5.76. The van der Waals surface area contributed by atoms with Crippen LogP contribution in [0, 0.1) is 27.7 Å². The number of nitrogens with zero attached hydrogens (tertiary/aromatic N) is 1. The molecule has 2 N–H and O–H groups in total. The van der Waals surface area contributed by atoms with Crippen molar-refractivity contribution >= 4 is 11.4 Å². The second kappa shape index (κ2) is 9.29. The molecule has 0 saturated carbocycles. The number of ether oxygens (including phenoxy) is 1. The van der Waals surface area contributed by atoms with E-state index in [1.807, 2.05) is 13.0 Å². The number of nitrogens with one attached hydrogen (secondary N) is 2. The molecule has 0 atom stereocenters. The fraction of sp³-hybridized carbons (Fsp3) is 0.391. The fourth-order valence-electron chi connectivity index (χ4n) is 3.23. The van der Waals surface area contributed by atoms with E-state index < -0.39 is 0 Å². The van der Waals surface area contributed by atoms with Crippen LogP contribution in [0.2, 0.25) is 0 Å². The monoisotopic (exact) mass is 365 g/mol. The van der Waals surface area contributed by atoms with Crippen molar-refractivity contribution in [1.29, 1.82) is 0 Å². The van der Waals surface area contributed by atoms with Gasteiger partial charge < -0.3 is 15.4 Å². The van der Waals surface area contributed by atoms with E-state index in [0.717, 1.165) is 46.8 Å². The molecule has 1 aromatic carbocycles. The highest BCUT2D eigenvalue weighted by Crippen LogP contribution is 2.38. The average molecular weight is 366 g/mol. The molecule has 0 aliphatic carbocycles. The van der Waals surface area contributed by atoms with E-state index in [-0.39, 0.29) is 0 Å². The second-order valence-corrected chi connectivity index (χ2v) is 6.97. The zero-order valence-corrected chi connectivity index (χ0v) is 17.4. The highest BCUT2D eigenvalue weighted by atomic mass is 16.5. The van der Waals surface area contributed by atoms with E-state index in [0.29, 0.717) is 11.9 Å². The molecule has 0 aliphatic rings. The zero-order valence-electron chi connectivity index (χ0n) is 17.4. The van der Waals surface area contributed by atoms with Gasteiger partial charge in [0.05, 0.1) is 5.69 Å². The highest BCUT2D eigenvalue weighted by Gasteiger charge is 2.17. The first-order chi connectivity index (χ1) is 12.9. The van der Waals surface area contributed by atoms with Gasteiger partial charge in [-0.15, -0.1) is 5.73 Å². The molecule has 0 bridgehead atoms. The summed E-state index contributed by atoms with van der Waals surface area (Å²) in [4.78, 5) is 4.65. The standard InChI is InChI=1S/C23H31N3O/c1-8-11-24-21-20(26-19(9-2)10-3)14-18(7)25-23(21)27-22-16(5)12-15(4)13-17(22)6/h11-14,19,24H,1,9-10H2,2-7H3,(H,25,26). The minimum atomic E-state index is 0.385. The van der Waals surface area contributed by atoms with Crippen LogP contribution >= 0.6 is 0 Å². The van der Waals surface area contributed by atoms with Gasteiger partial charge in [-0.05, 0) is 57.7 Å². The molecule has 0 saturated heterocycles. The van der Waals surface area contributed by atoms with Crippen LogP contribution < -0.4 is 15.4 Å². The molecule has 1 heterocycles. The number of benzene rings is 1. The van der Waals surface area contributed by atoms with E-state index in [1.54, 1.807) is 6.20 Å². The Morgan fingerprint density at radius 3 is 2.30 bits per heavy atom. The van der Waals surface area contributed by atoms with E-state index in [1.165, 1.54) is 5.56 Å². The number of hydrogen-bond acceptors (Lipinski definition) is 4. The van der Waals surface area contributed by atoms with Gasteiger partial charge in [0.1, 0.15) is 11.4 Å². The number of pyridine rings is 1. The Hall–Kier alpha value is -2.71. The summed E-state index contributed by atoms with van der Waals surface area (Å²) in [7, 11) is 0. The molecular formula is C23H31N3O. The van der Waals surface area contributed by atoms with Crippen molar-refractivity contribution < 1.29 is 4.74 Å². The molecule has 0 radical (unpaired) electrons. The molecule has 0 fully saturated rings. The Labute approximate surface area is 163 Å². The normalized spacial score (nSPS) is 10.5. The van der Waals surface area contributed by atoms with Crippen molar-refractivity contribution in [3.63, 3.8) is 0 Å². The maximum absolute atomic E-state index is 6.31. The average Bonchev–Trinajstić information content (AvgIpc) is 2.61. The van der Waals surface area contributed by atoms with Crippen LogP contribution in [0.5, 0.6) is 11.6 Å². The van der Waals surface area contributed by atoms with Gasteiger partial charge in [-0.25, -0.2) is 4.98 Å². The first-order valence-corrected chi connectivity index (χ1v) is 9.54. The molecular weight excluding hydrogens is 334 g/mol. The number of hydrogen-bond donors (Lipinski definition) is 2. The van der Waals surface area contributed by atoms with E-state index in [9.17, 15) is 0 Å². The lowest BCUT2D eigenvalue weighted by Gasteiger charge is -2.22. The van der Waals surface area contributed by atoms with Gasteiger partial charge in [-0.3, -0.25) is 0 Å². The molecule has 1 aromatic heterocycles. The summed E-state index contributed by atoms with van der Waals surface area (Å²) in [6.45, 7) is 16.2. The van der Waals surface area contributed by atoms with Crippen LogP contribution in [0.15, 0.2) is 36.7 Å². The lowest BCUT2D eigenvalue weighted by molar-refractivity contribution is 0.457. The molecule has 0 unspecified atom stereocenters. The van der Waals surface area contributed by atoms with Crippen LogP contribution in [0.3, 0.4) is 0 Å². The lowest BCUT2D eigenvalue weighted by Crippen LogP contribution is -2.18. The van der Waals surface area contributed by atoms with Crippen LogP contribution in [0.1, 0.15) is 49.1 Å². The maximum Gasteiger partial charge on any atom is 0.245 e. The van der Waals surface area contributed by atoms with Crippen molar-refractivity contribution in [3.05, 3.63) is 59.1 Å². The Balaban J connectivity index is 2.54. The SMILES string of the molecule is C=C=CNc1c(NC(CC)CC)cc(C)nc1Oc1c(C)cc(C)cc1C. The third-order valence-electron chi connectivity index (χ3n) is 4.58. The summed E-state index contributed by atoms with van der Waals surface area (Å²) in [5.41, 5.74) is 8.83. The quantitative estimate of drug-likeness (QED) is 0.530. The zero-order chi connectivity index (χ0) is 20.0.